The highest BCUT2D eigenvalue weighted by atomic mass is 32.2. The molecule has 0 bridgehead atoms. The molecule has 1 atom stereocenters. The minimum absolute atomic E-state index is 0.389. The zero-order valence-electron chi connectivity index (χ0n) is 9.78. The highest BCUT2D eigenvalue weighted by Crippen LogP contribution is 2.29. The smallest absolute Gasteiger partial charge is 0.133 e. The van der Waals surface area contributed by atoms with Crippen LogP contribution in [0.4, 0.5) is 0 Å². The summed E-state index contributed by atoms with van der Waals surface area (Å²) in [5, 5.41) is 20.7. The van der Waals surface area contributed by atoms with Gasteiger partial charge in [0.1, 0.15) is 5.40 Å². The number of aliphatic hydroxyl groups excluding tert-OH is 1. The number of benzene rings is 2. The van der Waals surface area contributed by atoms with Crippen molar-refractivity contribution in [2.24, 2.45) is 0 Å². The van der Waals surface area contributed by atoms with Crippen LogP contribution in [0, 0.1) is 10.7 Å². The van der Waals surface area contributed by atoms with E-state index in [2.05, 4.69) is 0 Å². The molecule has 0 spiro atoms. The van der Waals surface area contributed by atoms with Gasteiger partial charge in [-0.3, -0.25) is 0 Å². The first-order chi connectivity index (χ1) is 8.83. The monoisotopic (exact) mass is 255 g/mol. The van der Waals surface area contributed by atoms with Crippen LogP contribution in [0.2, 0.25) is 0 Å². The van der Waals surface area contributed by atoms with Crippen LogP contribution in [0.1, 0.15) is 11.7 Å². The van der Waals surface area contributed by atoms with E-state index < -0.39 is 6.10 Å². The molecule has 2 aromatic carbocycles. The molecule has 0 saturated carbocycles. The van der Waals surface area contributed by atoms with Gasteiger partial charge in [-0.15, -0.1) is 0 Å². The Balaban J connectivity index is 2.35. The average Bonchev–Trinajstić information content (AvgIpc) is 2.45. The van der Waals surface area contributed by atoms with Crippen molar-refractivity contribution in [1.82, 2.24) is 0 Å². The number of hydrogen-bond acceptors (Lipinski definition) is 3. The van der Waals surface area contributed by atoms with Crippen LogP contribution in [-0.2, 0) is 0 Å². The van der Waals surface area contributed by atoms with Gasteiger partial charge in [0.15, 0.2) is 0 Å². The molecule has 90 valence electrons. The Hall–Kier alpha value is -1.76. The van der Waals surface area contributed by atoms with Crippen molar-refractivity contribution >= 4 is 11.8 Å². The summed E-state index contributed by atoms with van der Waals surface area (Å²) in [6, 6.07) is 17.7. The summed E-state index contributed by atoms with van der Waals surface area (Å²) in [7, 11) is 0. The molecule has 2 rings (SSSR count). The first-order valence-corrected chi connectivity index (χ1v) is 6.65. The molecule has 2 nitrogen and oxygen atoms in total. The maximum absolute atomic E-state index is 10.1. The third-order valence-electron chi connectivity index (χ3n) is 2.71. The first kappa shape index (κ1) is 12.7. The van der Waals surface area contributed by atoms with Crippen molar-refractivity contribution in [2.45, 2.75) is 6.10 Å². The summed E-state index contributed by atoms with van der Waals surface area (Å²) in [6.45, 7) is 0. The van der Waals surface area contributed by atoms with Crippen LogP contribution >= 0.6 is 11.8 Å². The Kier molecular flexibility index (Phi) is 4.40. The molecule has 0 radical (unpaired) electrons. The van der Waals surface area contributed by atoms with Gasteiger partial charge in [0.05, 0.1) is 6.10 Å². The van der Waals surface area contributed by atoms with Gasteiger partial charge in [-0.1, -0.05) is 54.6 Å². The van der Waals surface area contributed by atoms with Gasteiger partial charge >= 0.3 is 0 Å². The number of nitrogens with zero attached hydrogens (tertiary/aromatic N) is 1. The van der Waals surface area contributed by atoms with Crippen LogP contribution in [0.3, 0.4) is 0 Å². The summed E-state index contributed by atoms with van der Waals surface area (Å²) >= 11 is 1.07. The lowest BCUT2D eigenvalue weighted by atomic mass is 9.97. The van der Waals surface area contributed by atoms with Crippen LogP contribution in [-0.4, -0.2) is 10.9 Å². The highest BCUT2D eigenvalue weighted by molar-refractivity contribution is 8.03. The maximum atomic E-state index is 10.1. The third kappa shape index (κ3) is 2.92. The Labute approximate surface area is 111 Å². The second-order valence-corrected chi connectivity index (χ2v) is 4.68. The molecule has 0 aliphatic carbocycles. The van der Waals surface area contributed by atoms with Crippen molar-refractivity contribution < 1.29 is 5.11 Å². The van der Waals surface area contributed by atoms with Gasteiger partial charge in [-0.25, -0.2) is 0 Å². The largest absolute Gasteiger partial charge is 0.387 e. The second-order valence-electron chi connectivity index (χ2n) is 3.87. The van der Waals surface area contributed by atoms with E-state index in [1.165, 1.54) is 0 Å². The number of hydrogen-bond donors (Lipinski definition) is 1. The number of thioether (sulfide) groups is 1. The standard InChI is InChI=1S/C15H13NOS/c16-11-18-10-15(17)14-9-5-4-8-13(14)12-6-2-1-3-7-12/h1-9,15,17H,10H2. The zero-order chi connectivity index (χ0) is 12.8. The second kappa shape index (κ2) is 6.25. The minimum Gasteiger partial charge on any atom is -0.387 e. The van der Waals surface area contributed by atoms with Crippen molar-refractivity contribution in [3.63, 3.8) is 0 Å². The normalized spacial score (nSPS) is 11.8. The van der Waals surface area contributed by atoms with Crippen LogP contribution in [0.5, 0.6) is 0 Å². The number of thiocyanates is 1. The van der Waals surface area contributed by atoms with E-state index >= 15 is 0 Å². The van der Waals surface area contributed by atoms with E-state index in [1.807, 2.05) is 60.0 Å². The van der Waals surface area contributed by atoms with Crippen LogP contribution in [0.25, 0.3) is 11.1 Å². The first-order valence-electron chi connectivity index (χ1n) is 5.66. The predicted molar refractivity (Wildman–Crippen MR) is 74.9 cm³/mol. The molecule has 2 aromatic rings. The van der Waals surface area contributed by atoms with E-state index in [9.17, 15) is 5.11 Å². The van der Waals surface area contributed by atoms with Gasteiger partial charge in [0, 0.05) is 5.75 Å². The highest BCUT2D eigenvalue weighted by Gasteiger charge is 2.12. The molecule has 1 N–H and O–H groups in total. The van der Waals surface area contributed by atoms with Gasteiger partial charge in [0.25, 0.3) is 0 Å². The van der Waals surface area contributed by atoms with Crippen molar-refractivity contribution in [1.29, 1.82) is 5.26 Å². The van der Waals surface area contributed by atoms with Crippen LogP contribution in [0.15, 0.2) is 54.6 Å². The topological polar surface area (TPSA) is 44.0 Å². The summed E-state index contributed by atoms with van der Waals surface area (Å²) in [6.07, 6.45) is -0.619. The quantitative estimate of drug-likeness (QED) is 0.849. The van der Waals surface area contributed by atoms with Crippen LogP contribution < -0.4 is 0 Å². The fraction of sp³-hybridized carbons (Fsp3) is 0.133. The fourth-order valence-corrected chi connectivity index (χ4v) is 2.29. The van der Waals surface area contributed by atoms with E-state index in [4.69, 9.17) is 5.26 Å². The Bertz CT molecular complexity index is 548. The molecule has 0 aliphatic heterocycles. The SMILES string of the molecule is N#CSCC(O)c1ccccc1-c1ccccc1. The Morgan fingerprint density at radius 3 is 2.44 bits per heavy atom. The lowest BCUT2D eigenvalue weighted by Crippen LogP contribution is -2.02. The summed E-state index contributed by atoms with van der Waals surface area (Å²) in [4.78, 5) is 0. The van der Waals surface area contributed by atoms with Crippen molar-refractivity contribution in [3.05, 3.63) is 60.2 Å². The summed E-state index contributed by atoms with van der Waals surface area (Å²) < 4.78 is 0. The predicted octanol–water partition coefficient (Wildman–Crippen LogP) is 3.60. The van der Waals surface area contributed by atoms with Crippen molar-refractivity contribution in [2.75, 3.05) is 5.75 Å². The van der Waals surface area contributed by atoms with E-state index in [0.717, 1.165) is 28.5 Å². The molecule has 0 fully saturated rings. The minimum atomic E-state index is -0.619. The van der Waals surface area contributed by atoms with E-state index in [0.29, 0.717) is 5.75 Å². The van der Waals surface area contributed by atoms with E-state index in [-0.39, 0.29) is 0 Å². The summed E-state index contributed by atoms with van der Waals surface area (Å²) in [5.74, 6) is 0.389. The number of aliphatic hydroxyl groups is 1. The Morgan fingerprint density at radius 1 is 1.06 bits per heavy atom. The molecule has 0 heterocycles. The summed E-state index contributed by atoms with van der Waals surface area (Å²) in [5.41, 5.74) is 2.96. The maximum Gasteiger partial charge on any atom is 0.133 e. The van der Waals surface area contributed by atoms with Gasteiger partial charge in [0.2, 0.25) is 0 Å². The molecule has 3 heteroatoms. The number of rotatable bonds is 4. The molecule has 1 unspecified atom stereocenters. The third-order valence-corrected chi connectivity index (χ3v) is 3.32. The molecule has 0 saturated heterocycles. The molecular weight excluding hydrogens is 242 g/mol. The van der Waals surface area contributed by atoms with Gasteiger partial charge in [-0.2, -0.15) is 5.26 Å². The van der Waals surface area contributed by atoms with Gasteiger partial charge in [-0.05, 0) is 28.5 Å². The average molecular weight is 255 g/mol. The molecule has 0 aliphatic rings. The van der Waals surface area contributed by atoms with Gasteiger partial charge < -0.3 is 5.11 Å². The molecule has 18 heavy (non-hydrogen) atoms. The molecule has 0 aromatic heterocycles. The zero-order valence-corrected chi connectivity index (χ0v) is 10.6. The van der Waals surface area contributed by atoms with E-state index in [1.54, 1.807) is 0 Å². The lowest BCUT2D eigenvalue weighted by Gasteiger charge is -2.14. The number of nitriles is 1. The molecule has 0 amide bonds. The lowest BCUT2D eigenvalue weighted by molar-refractivity contribution is 0.205. The van der Waals surface area contributed by atoms with Crippen molar-refractivity contribution in [3.8, 4) is 16.5 Å². The Morgan fingerprint density at radius 2 is 1.72 bits per heavy atom. The fourth-order valence-electron chi connectivity index (χ4n) is 1.87. The molecular formula is C15H13NOS.